The smallest absolute Gasteiger partial charge is 0.229 e. The Bertz CT molecular complexity index is 513. The lowest BCUT2D eigenvalue weighted by atomic mass is 9.64. The third-order valence-electron chi connectivity index (χ3n) is 5.64. The summed E-state index contributed by atoms with van der Waals surface area (Å²) in [6, 6.07) is 10.7. The number of hydrogen-bond acceptors (Lipinski definition) is 2. The van der Waals surface area contributed by atoms with E-state index in [2.05, 4.69) is 36.1 Å². The van der Waals surface area contributed by atoms with E-state index in [0.717, 1.165) is 45.2 Å². The maximum Gasteiger partial charge on any atom is 0.229 e. The largest absolute Gasteiger partial charge is 0.342 e. The number of carbonyl (C=O) groups excluding carboxylic acids is 1. The molecule has 0 bridgehead atoms. The molecule has 1 saturated carbocycles. The molecular formula is C19H29ClN2O. The number of hydrogen-bond donors (Lipinski definition) is 1. The van der Waals surface area contributed by atoms with E-state index in [4.69, 9.17) is 5.73 Å². The van der Waals surface area contributed by atoms with Gasteiger partial charge in [-0.15, -0.1) is 12.4 Å². The second-order valence-electron chi connectivity index (χ2n) is 7.31. The highest BCUT2D eigenvalue weighted by Crippen LogP contribution is 2.45. The third kappa shape index (κ3) is 3.89. The normalized spacial score (nSPS) is 24.3. The van der Waals surface area contributed by atoms with Crippen LogP contribution in [0.1, 0.15) is 44.6 Å². The predicted molar refractivity (Wildman–Crippen MR) is 96.6 cm³/mol. The summed E-state index contributed by atoms with van der Waals surface area (Å²) in [4.78, 5) is 15.3. The van der Waals surface area contributed by atoms with Crippen molar-refractivity contribution < 1.29 is 4.79 Å². The van der Waals surface area contributed by atoms with Crippen molar-refractivity contribution in [2.45, 2.75) is 51.5 Å². The molecular weight excluding hydrogens is 308 g/mol. The lowest BCUT2D eigenvalue weighted by molar-refractivity contribution is -0.149. The molecule has 128 valence electrons. The Morgan fingerprint density at radius 3 is 2.57 bits per heavy atom. The van der Waals surface area contributed by atoms with Gasteiger partial charge in [0.2, 0.25) is 5.91 Å². The first-order valence-electron chi connectivity index (χ1n) is 8.70. The zero-order valence-corrected chi connectivity index (χ0v) is 14.9. The number of carbonyl (C=O) groups is 1. The molecule has 2 atom stereocenters. The molecule has 2 unspecified atom stereocenters. The van der Waals surface area contributed by atoms with Crippen molar-refractivity contribution in [2.24, 2.45) is 17.1 Å². The minimum atomic E-state index is -0.138. The molecule has 2 fully saturated rings. The number of halogens is 1. The average Bonchev–Trinajstić information content (AvgIpc) is 2.51. The van der Waals surface area contributed by atoms with Crippen molar-refractivity contribution in [3.8, 4) is 0 Å². The fourth-order valence-corrected chi connectivity index (χ4v) is 4.02. The van der Waals surface area contributed by atoms with E-state index in [-0.39, 0.29) is 23.9 Å². The number of piperidine rings is 1. The van der Waals surface area contributed by atoms with Crippen LogP contribution < -0.4 is 5.73 Å². The molecule has 23 heavy (non-hydrogen) atoms. The number of rotatable bonds is 4. The van der Waals surface area contributed by atoms with E-state index >= 15 is 0 Å². The van der Waals surface area contributed by atoms with Crippen LogP contribution >= 0.6 is 12.4 Å². The van der Waals surface area contributed by atoms with Crippen LogP contribution in [0.25, 0.3) is 0 Å². The molecule has 0 spiro atoms. The molecule has 0 radical (unpaired) electrons. The molecule has 2 aliphatic rings. The molecule has 2 N–H and O–H groups in total. The van der Waals surface area contributed by atoms with Crippen LogP contribution in [0.2, 0.25) is 0 Å². The number of nitrogens with zero attached hydrogens (tertiary/aromatic N) is 1. The molecule has 1 aliphatic carbocycles. The van der Waals surface area contributed by atoms with Crippen LogP contribution in [-0.2, 0) is 11.2 Å². The third-order valence-corrected chi connectivity index (χ3v) is 5.64. The first kappa shape index (κ1) is 18.3. The van der Waals surface area contributed by atoms with E-state index in [1.54, 1.807) is 0 Å². The Morgan fingerprint density at radius 2 is 2.00 bits per heavy atom. The van der Waals surface area contributed by atoms with Gasteiger partial charge in [-0.3, -0.25) is 4.79 Å². The van der Waals surface area contributed by atoms with Gasteiger partial charge in [-0.2, -0.15) is 0 Å². The minimum Gasteiger partial charge on any atom is -0.342 e. The number of nitrogens with two attached hydrogens (primary N) is 1. The summed E-state index contributed by atoms with van der Waals surface area (Å²) in [7, 11) is 0. The maximum atomic E-state index is 13.2. The summed E-state index contributed by atoms with van der Waals surface area (Å²) in [5.74, 6) is 0.847. The van der Waals surface area contributed by atoms with E-state index in [9.17, 15) is 4.79 Å². The highest BCUT2D eigenvalue weighted by atomic mass is 35.5. The Kier molecular flexibility index (Phi) is 6.10. The second kappa shape index (κ2) is 7.67. The lowest BCUT2D eigenvalue weighted by Gasteiger charge is -2.46. The van der Waals surface area contributed by atoms with Crippen molar-refractivity contribution in [1.82, 2.24) is 4.90 Å². The maximum absolute atomic E-state index is 13.2. The Hall–Kier alpha value is -1.06. The van der Waals surface area contributed by atoms with Gasteiger partial charge in [-0.25, -0.2) is 0 Å². The molecule has 3 nitrogen and oxygen atoms in total. The highest BCUT2D eigenvalue weighted by molar-refractivity contribution is 5.85. The molecule has 1 aliphatic heterocycles. The van der Waals surface area contributed by atoms with E-state index in [1.807, 2.05) is 6.07 Å². The van der Waals surface area contributed by atoms with Crippen molar-refractivity contribution in [3.05, 3.63) is 35.9 Å². The van der Waals surface area contributed by atoms with Gasteiger partial charge in [0.25, 0.3) is 0 Å². The van der Waals surface area contributed by atoms with Crippen molar-refractivity contribution in [2.75, 3.05) is 13.1 Å². The van der Waals surface area contributed by atoms with Crippen LogP contribution in [0.3, 0.4) is 0 Å². The number of benzene rings is 1. The van der Waals surface area contributed by atoms with Gasteiger partial charge < -0.3 is 10.6 Å². The van der Waals surface area contributed by atoms with Gasteiger partial charge in [0.05, 0.1) is 5.41 Å². The summed E-state index contributed by atoms with van der Waals surface area (Å²) in [6.07, 6.45) is 6.42. The van der Waals surface area contributed by atoms with Crippen molar-refractivity contribution in [1.29, 1.82) is 0 Å². The Labute approximate surface area is 146 Å². The molecule has 3 rings (SSSR count). The number of amides is 1. The topological polar surface area (TPSA) is 46.3 Å². The Balaban J connectivity index is 0.00000192. The zero-order chi connectivity index (χ0) is 15.6. The van der Waals surface area contributed by atoms with Crippen LogP contribution in [-0.4, -0.2) is 29.9 Å². The quantitative estimate of drug-likeness (QED) is 0.915. The van der Waals surface area contributed by atoms with Crippen LogP contribution in [0.4, 0.5) is 0 Å². The van der Waals surface area contributed by atoms with Crippen LogP contribution in [0.5, 0.6) is 0 Å². The summed E-state index contributed by atoms with van der Waals surface area (Å²) in [5, 5.41) is 0. The summed E-state index contributed by atoms with van der Waals surface area (Å²) >= 11 is 0. The van der Waals surface area contributed by atoms with E-state index in [0.29, 0.717) is 11.8 Å². The van der Waals surface area contributed by atoms with Crippen LogP contribution in [0.15, 0.2) is 30.3 Å². The van der Waals surface area contributed by atoms with Gasteiger partial charge in [0.15, 0.2) is 0 Å². The fourth-order valence-electron chi connectivity index (χ4n) is 4.02. The van der Waals surface area contributed by atoms with Crippen molar-refractivity contribution >= 4 is 18.3 Å². The summed E-state index contributed by atoms with van der Waals surface area (Å²) in [5.41, 5.74) is 7.22. The standard InChI is InChI=1S/C19H28N2O.ClH/c1-15(20)17-9-5-12-21(14-17)18(22)19(10-6-11-19)13-16-7-3-2-4-8-16;/h2-4,7-8,15,17H,5-6,9-14,20H2,1H3;1H. The average molecular weight is 337 g/mol. The molecule has 1 aromatic rings. The second-order valence-corrected chi connectivity index (χ2v) is 7.31. The lowest BCUT2D eigenvalue weighted by Crippen LogP contribution is -2.53. The van der Waals surface area contributed by atoms with Crippen molar-refractivity contribution in [3.63, 3.8) is 0 Å². The predicted octanol–water partition coefficient (Wildman–Crippen LogP) is 3.41. The molecule has 1 heterocycles. The fraction of sp³-hybridized carbons (Fsp3) is 0.632. The van der Waals surface area contributed by atoms with E-state index in [1.165, 1.54) is 12.0 Å². The molecule has 1 aromatic carbocycles. The van der Waals surface area contributed by atoms with Gasteiger partial charge >= 0.3 is 0 Å². The minimum absolute atomic E-state index is 0. The van der Waals surface area contributed by atoms with Gasteiger partial charge in [-0.1, -0.05) is 36.8 Å². The monoisotopic (exact) mass is 336 g/mol. The summed E-state index contributed by atoms with van der Waals surface area (Å²) < 4.78 is 0. The zero-order valence-electron chi connectivity index (χ0n) is 14.0. The van der Waals surface area contributed by atoms with Gasteiger partial charge in [0, 0.05) is 19.1 Å². The SMILES string of the molecule is CC(N)C1CCCN(C(=O)C2(Cc3ccccc3)CCC2)C1.Cl. The van der Waals surface area contributed by atoms with Gasteiger partial charge in [-0.05, 0) is 50.5 Å². The number of likely N-dealkylation sites (tertiary alicyclic amines) is 1. The van der Waals surface area contributed by atoms with E-state index < -0.39 is 0 Å². The first-order chi connectivity index (χ1) is 10.6. The molecule has 1 saturated heterocycles. The molecule has 4 heteroatoms. The Morgan fingerprint density at radius 1 is 1.30 bits per heavy atom. The summed E-state index contributed by atoms with van der Waals surface area (Å²) in [6.45, 7) is 3.84. The van der Waals surface area contributed by atoms with Gasteiger partial charge in [0.1, 0.15) is 0 Å². The van der Waals surface area contributed by atoms with Crippen LogP contribution in [0, 0.1) is 11.3 Å². The molecule has 0 aromatic heterocycles. The highest BCUT2D eigenvalue weighted by Gasteiger charge is 2.46. The first-order valence-corrected chi connectivity index (χ1v) is 8.70. The molecule has 1 amide bonds.